The van der Waals surface area contributed by atoms with E-state index in [1.54, 1.807) is 35.0 Å². The zero-order valence-electron chi connectivity index (χ0n) is 27.3. The molecule has 0 spiro atoms. The lowest BCUT2D eigenvalue weighted by Gasteiger charge is -2.26. The third-order valence-electron chi connectivity index (χ3n) is 7.87. The van der Waals surface area contributed by atoms with Crippen molar-refractivity contribution in [1.29, 1.82) is 0 Å². The SMILES string of the molecule is CCn1nc(C)cc1C(=O)Nc1nc2cc(C(=O)OC)ccc2n1C/C=C/CNc1c(N)cc(C(N)=O)cc1OCCN1CCOCC1. The molecule has 15 heteroatoms. The second-order valence-corrected chi connectivity index (χ2v) is 11.1. The number of fused-ring (bicyclic) bond motifs is 1. The van der Waals surface area contributed by atoms with Crippen molar-refractivity contribution in [3.05, 3.63) is 71.1 Å². The van der Waals surface area contributed by atoms with Crippen molar-refractivity contribution in [3.63, 3.8) is 0 Å². The second-order valence-electron chi connectivity index (χ2n) is 11.1. The number of nitrogen functional groups attached to an aromatic ring is 1. The molecule has 1 saturated heterocycles. The first-order chi connectivity index (χ1) is 23.2. The zero-order chi connectivity index (χ0) is 34.2. The number of carbonyl (C=O) groups excluding carboxylic acids is 3. The van der Waals surface area contributed by atoms with Crippen molar-refractivity contribution in [3.8, 4) is 5.75 Å². The molecule has 2 aromatic heterocycles. The van der Waals surface area contributed by atoms with Gasteiger partial charge >= 0.3 is 5.97 Å². The fourth-order valence-corrected chi connectivity index (χ4v) is 5.41. The summed E-state index contributed by atoms with van der Waals surface area (Å²) in [5.74, 6) is -0.714. The van der Waals surface area contributed by atoms with Crippen molar-refractivity contribution in [2.24, 2.45) is 5.73 Å². The highest BCUT2D eigenvalue weighted by Gasteiger charge is 2.19. The number of allylic oxidation sites excluding steroid dienone is 1. The van der Waals surface area contributed by atoms with Crippen molar-refractivity contribution >= 4 is 46.1 Å². The number of benzene rings is 2. The Morgan fingerprint density at radius 1 is 1.08 bits per heavy atom. The largest absolute Gasteiger partial charge is 0.490 e. The Labute approximate surface area is 277 Å². The summed E-state index contributed by atoms with van der Waals surface area (Å²) in [4.78, 5) is 44.3. The highest BCUT2D eigenvalue weighted by molar-refractivity contribution is 6.03. The third kappa shape index (κ3) is 7.93. The van der Waals surface area contributed by atoms with Gasteiger partial charge < -0.3 is 35.6 Å². The van der Waals surface area contributed by atoms with E-state index in [1.165, 1.54) is 13.2 Å². The van der Waals surface area contributed by atoms with Crippen LogP contribution in [0.25, 0.3) is 11.0 Å². The average molecular weight is 660 g/mol. The summed E-state index contributed by atoms with van der Waals surface area (Å²) in [5.41, 5.74) is 15.7. The minimum absolute atomic E-state index is 0.254. The van der Waals surface area contributed by atoms with E-state index in [0.29, 0.717) is 91.4 Å². The van der Waals surface area contributed by atoms with Gasteiger partial charge in [0.15, 0.2) is 0 Å². The number of anilines is 3. The Balaban J connectivity index is 1.32. The monoisotopic (exact) mass is 659 g/mol. The number of imidazole rings is 1. The molecule has 15 nitrogen and oxygen atoms in total. The van der Waals surface area contributed by atoms with Crippen molar-refractivity contribution in [1.82, 2.24) is 24.2 Å². The van der Waals surface area contributed by atoms with Crippen molar-refractivity contribution in [2.45, 2.75) is 26.9 Å². The topological polar surface area (TPSA) is 194 Å². The van der Waals surface area contributed by atoms with Gasteiger partial charge in [0, 0.05) is 44.8 Å². The number of ether oxygens (including phenoxy) is 3. The number of nitrogens with one attached hydrogen (secondary N) is 2. The van der Waals surface area contributed by atoms with Crippen LogP contribution in [-0.2, 0) is 22.6 Å². The second kappa shape index (κ2) is 15.5. The molecule has 0 bridgehead atoms. The van der Waals surface area contributed by atoms with Crippen LogP contribution in [0.5, 0.6) is 5.75 Å². The summed E-state index contributed by atoms with van der Waals surface area (Å²) in [6.45, 7) is 9.10. The van der Waals surface area contributed by atoms with E-state index in [2.05, 4.69) is 25.6 Å². The van der Waals surface area contributed by atoms with Crippen molar-refractivity contribution in [2.75, 3.05) is 69.5 Å². The van der Waals surface area contributed by atoms with Gasteiger partial charge in [-0.05, 0) is 50.2 Å². The molecule has 4 aromatic rings. The molecular formula is C33H41N9O6. The maximum Gasteiger partial charge on any atom is 0.337 e. The predicted molar refractivity (Wildman–Crippen MR) is 181 cm³/mol. The van der Waals surface area contributed by atoms with Crippen LogP contribution in [0.15, 0.2) is 48.6 Å². The number of nitrogens with two attached hydrogens (primary N) is 2. The molecule has 5 rings (SSSR count). The number of methoxy groups -OCH3 is 1. The Bertz CT molecular complexity index is 1820. The average Bonchev–Trinajstić information content (AvgIpc) is 3.64. The maximum absolute atomic E-state index is 13.3. The van der Waals surface area contributed by atoms with Gasteiger partial charge in [-0.15, -0.1) is 0 Å². The van der Waals surface area contributed by atoms with Crippen LogP contribution >= 0.6 is 0 Å². The third-order valence-corrected chi connectivity index (χ3v) is 7.87. The van der Waals surface area contributed by atoms with Gasteiger partial charge in [-0.2, -0.15) is 5.10 Å². The molecule has 2 aromatic carbocycles. The summed E-state index contributed by atoms with van der Waals surface area (Å²) >= 11 is 0. The number of aryl methyl sites for hydroxylation is 2. The Hall–Kier alpha value is -5.41. The normalized spacial score (nSPS) is 13.6. The van der Waals surface area contributed by atoms with Crippen LogP contribution in [0.1, 0.15) is 43.8 Å². The van der Waals surface area contributed by atoms with Gasteiger partial charge in [-0.1, -0.05) is 12.2 Å². The molecule has 1 aliphatic rings. The summed E-state index contributed by atoms with van der Waals surface area (Å²) in [6.07, 6.45) is 3.81. The van der Waals surface area contributed by atoms with Gasteiger partial charge in [0.25, 0.3) is 5.91 Å². The number of aromatic nitrogens is 4. The Kier molecular flexibility index (Phi) is 10.9. The smallest absolute Gasteiger partial charge is 0.337 e. The molecule has 1 aliphatic heterocycles. The quantitative estimate of drug-likeness (QED) is 0.0883. The van der Waals surface area contributed by atoms with E-state index in [4.69, 9.17) is 25.7 Å². The highest BCUT2D eigenvalue weighted by atomic mass is 16.5. The summed E-state index contributed by atoms with van der Waals surface area (Å²) in [6, 6.07) is 9.86. The summed E-state index contributed by atoms with van der Waals surface area (Å²) < 4.78 is 19.8. The van der Waals surface area contributed by atoms with E-state index in [9.17, 15) is 14.4 Å². The van der Waals surface area contributed by atoms with E-state index >= 15 is 0 Å². The number of morpholine rings is 1. The molecule has 0 saturated carbocycles. The lowest BCUT2D eigenvalue weighted by Crippen LogP contribution is -2.38. The molecule has 0 unspecified atom stereocenters. The van der Waals surface area contributed by atoms with Crippen LogP contribution < -0.4 is 26.8 Å². The number of amides is 2. The number of hydrogen-bond donors (Lipinski definition) is 4. The fraction of sp³-hybridized carbons (Fsp3) is 0.364. The number of esters is 1. The number of nitrogens with zero attached hydrogens (tertiary/aromatic N) is 5. The Morgan fingerprint density at radius 3 is 2.60 bits per heavy atom. The van der Waals surface area contributed by atoms with Gasteiger partial charge in [0.2, 0.25) is 11.9 Å². The first kappa shape index (κ1) is 33.9. The highest BCUT2D eigenvalue weighted by Crippen LogP contribution is 2.33. The zero-order valence-corrected chi connectivity index (χ0v) is 27.3. The van der Waals surface area contributed by atoms with E-state index in [-0.39, 0.29) is 11.5 Å². The first-order valence-corrected chi connectivity index (χ1v) is 15.7. The predicted octanol–water partition coefficient (Wildman–Crippen LogP) is 2.66. The van der Waals surface area contributed by atoms with Gasteiger partial charge in [0.05, 0.1) is 48.3 Å². The van der Waals surface area contributed by atoms with Crippen LogP contribution in [0.2, 0.25) is 0 Å². The molecular weight excluding hydrogens is 618 g/mol. The molecule has 254 valence electrons. The molecule has 0 atom stereocenters. The van der Waals surface area contributed by atoms with Crippen LogP contribution in [-0.4, -0.2) is 95.1 Å². The first-order valence-electron chi connectivity index (χ1n) is 15.7. The minimum atomic E-state index is -0.602. The van der Waals surface area contributed by atoms with Gasteiger partial charge in [0.1, 0.15) is 23.7 Å². The van der Waals surface area contributed by atoms with Crippen LogP contribution in [0, 0.1) is 6.92 Å². The molecule has 0 aliphatic carbocycles. The van der Waals surface area contributed by atoms with Gasteiger partial charge in [-0.25, -0.2) is 9.78 Å². The number of rotatable bonds is 14. The molecule has 2 amide bonds. The van der Waals surface area contributed by atoms with Crippen LogP contribution in [0.4, 0.5) is 17.3 Å². The van der Waals surface area contributed by atoms with Gasteiger partial charge in [-0.3, -0.25) is 24.5 Å². The van der Waals surface area contributed by atoms with Crippen LogP contribution in [0.3, 0.4) is 0 Å². The molecule has 1 fully saturated rings. The molecule has 48 heavy (non-hydrogen) atoms. The van der Waals surface area contributed by atoms with E-state index < -0.39 is 11.9 Å². The molecule has 3 heterocycles. The number of carbonyl (C=O) groups is 3. The molecule has 6 N–H and O–H groups in total. The van der Waals surface area contributed by atoms with Crippen molar-refractivity contribution < 1.29 is 28.6 Å². The van der Waals surface area contributed by atoms with E-state index in [0.717, 1.165) is 18.8 Å². The van der Waals surface area contributed by atoms with E-state index in [1.807, 2.05) is 30.6 Å². The lowest BCUT2D eigenvalue weighted by molar-refractivity contribution is 0.0323. The fourth-order valence-electron chi connectivity index (χ4n) is 5.41. The number of primary amides is 1. The Morgan fingerprint density at radius 2 is 1.88 bits per heavy atom. The summed E-state index contributed by atoms with van der Waals surface area (Å²) in [5, 5.41) is 10.6. The standard InChI is InChI=1S/C33H41N9O6/c1-4-42-27(17-21(2)39-42)31(44)38-33-37-25-19-22(32(45)46-3)7-8-26(25)41(33)10-6-5-9-36-29-24(34)18-23(30(35)43)20-28(29)48-16-13-40-11-14-47-15-12-40/h5-8,17-20,36H,4,9-16,34H2,1-3H3,(H2,35,43)(H,37,38,44)/b6-5+. The lowest BCUT2D eigenvalue weighted by atomic mass is 10.1. The number of hydrogen-bond acceptors (Lipinski definition) is 11. The maximum atomic E-state index is 13.3. The molecule has 0 radical (unpaired) electrons. The minimum Gasteiger partial charge on any atom is -0.490 e. The summed E-state index contributed by atoms with van der Waals surface area (Å²) in [7, 11) is 1.31.